The minimum Gasteiger partial charge on any atom is -0.462 e. The molecule has 1 N–H and O–H groups in total. The van der Waals surface area contributed by atoms with Crippen LogP contribution in [0.5, 0.6) is 0 Å². The molecule has 0 amide bonds. The Morgan fingerprint density at radius 3 is 0.787 bits per heavy atom. The van der Waals surface area contributed by atoms with Crippen LogP contribution < -0.4 is 0 Å². The highest BCUT2D eigenvalue weighted by Gasteiger charge is 2.27. The van der Waals surface area contributed by atoms with Crippen molar-refractivity contribution >= 4 is 19.8 Å². The first-order chi connectivity index (χ1) is 46.0. The lowest BCUT2D eigenvalue weighted by Crippen LogP contribution is -2.37. The maximum Gasteiger partial charge on any atom is 0.472 e. The fourth-order valence-electron chi connectivity index (χ4n) is 13.3. The van der Waals surface area contributed by atoms with E-state index >= 15 is 0 Å². The van der Waals surface area contributed by atoms with E-state index in [1.54, 1.807) is 0 Å². The second-order valence-electron chi connectivity index (χ2n) is 30.6. The fourth-order valence-corrected chi connectivity index (χ4v) is 14.1. The van der Waals surface area contributed by atoms with Crippen molar-refractivity contribution in [2.45, 2.75) is 469 Å². The molecule has 94 heavy (non-hydrogen) atoms. The number of phosphoric acid groups is 1. The number of phosphoric ester groups is 1. The van der Waals surface area contributed by atoms with Gasteiger partial charge in [0, 0.05) is 12.8 Å². The molecule has 0 rings (SSSR count). The smallest absolute Gasteiger partial charge is 0.462 e. The molecule has 0 heterocycles. The standard InChI is InChI=1S/C84H166NO8P/c1-6-8-10-12-14-16-18-20-22-24-26-28-30-32-34-36-38-40-41-42-43-45-47-49-51-53-55-57-59-61-63-65-67-69-71-73-75-77-84(87)93-82(81-92-94(88,89)91-79-78-85(3,4)5)80-90-83(86)76-74-72-70-68-66-64-62-60-58-56-54-52-50-48-46-44-39-37-35-33-31-29-27-25-23-21-19-17-15-13-11-9-7-2/h24,26,82H,6-23,25,27-81H2,1-5H3/p+1/b26-24-. The zero-order valence-electron chi connectivity index (χ0n) is 64.3. The molecule has 0 fully saturated rings. The Balaban J connectivity index is 3.86. The summed E-state index contributed by atoms with van der Waals surface area (Å²) in [7, 11) is 1.51. The minimum atomic E-state index is -4.39. The van der Waals surface area contributed by atoms with Gasteiger partial charge in [0.1, 0.15) is 19.8 Å². The number of ether oxygens (including phenoxy) is 2. The number of carbonyl (C=O) groups is 2. The lowest BCUT2D eigenvalue weighted by atomic mass is 10.0. The van der Waals surface area contributed by atoms with Crippen molar-refractivity contribution < 1.29 is 42.1 Å². The van der Waals surface area contributed by atoms with Crippen molar-refractivity contribution in [3.63, 3.8) is 0 Å². The zero-order valence-corrected chi connectivity index (χ0v) is 65.2. The van der Waals surface area contributed by atoms with Gasteiger partial charge >= 0.3 is 19.8 Å². The molecule has 0 aromatic carbocycles. The molecule has 0 aromatic rings. The minimum absolute atomic E-state index is 0.0372. The van der Waals surface area contributed by atoms with Crippen LogP contribution in [0.15, 0.2) is 12.2 Å². The van der Waals surface area contributed by atoms with E-state index < -0.39 is 26.5 Å². The van der Waals surface area contributed by atoms with E-state index in [9.17, 15) is 19.0 Å². The van der Waals surface area contributed by atoms with E-state index in [-0.39, 0.29) is 25.6 Å². The van der Waals surface area contributed by atoms with E-state index in [1.165, 1.54) is 398 Å². The summed E-state index contributed by atoms with van der Waals surface area (Å²) in [6.07, 6.45) is 96.8. The molecule has 9 nitrogen and oxygen atoms in total. The van der Waals surface area contributed by atoms with Crippen LogP contribution in [0.4, 0.5) is 0 Å². The van der Waals surface area contributed by atoms with E-state index in [1.807, 2.05) is 21.1 Å². The third kappa shape index (κ3) is 79.7. The van der Waals surface area contributed by atoms with E-state index in [4.69, 9.17) is 18.5 Å². The molecule has 0 radical (unpaired) electrons. The summed E-state index contributed by atoms with van der Waals surface area (Å²) in [4.78, 5) is 36.0. The summed E-state index contributed by atoms with van der Waals surface area (Å²) < 4.78 is 34.9. The average Bonchev–Trinajstić information content (AvgIpc) is 1.56. The highest BCUT2D eigenvalue weighted by molar-refractivity contribution is 7.47. The molecule has 0 saturated heterocycles. The van der Waals surface area contributed by atoms with Gasteiger partial charge in [-0.15, -0.1) is 0 Å². The Hall–Kier alpha value is -1.25. The number of esters is 2. The van der Waals surface area contributed by atoms with Crippen molar-refractivity contribution in [3.8, 4) is 0 Å². The van der Waals surface area contributed by atoms with Gasteiger partial charge in [0.25, 0.3) is 0 Å². The van der Waals surface area contributed by atoms with Gasteiger partial charge in [-0.1, -0.05) is 424 Å². The number of hydrogen-bond acceptors (Lipinski definition) is 7. The van der Waals surface area contributed by atoms with Crippen molar-refractivity contribution in [3.05, 3.63) is 12.2 Å². The Bertz CT molecular complexity index is 1590. The number of quaternary nitrogens is 1. The van der Waals surface area contributed by atoms with Gasteiger partial charge in [-0.2, -0.15) is 0 Å². The molecule has 0 aromatic heterocycles. The largest absolute Gasteiger partial charge is 0.472 e. The van der Waals surface area contributed by atoms with Gasteiger partial charge in [-0.05, 0) is 38.5 Å². The van der Waals surface area contributed by atoms with Crippen LogP contribution in [0, 0.1) is 0 Å². The number of hydrogen-bond donors (Lipinski definition) is 1. The van der Waals surface area contributed by atoms with Gasteiger partial charge < -0.3 is 18.9 Å². The molecular weight excluding hydrogens is 1180 g/mol. The number of rotatable bonds is 81. The van der Waals surface area contributed by atoms with Gasteiger partial charge in [-0.25, -0.2) is 4.57 Å². The van der Waals surface area contributed by atoms with E-state index in [0.717, 1.165) is 38.5 Å². The summed E-state index contributed by atoms with van der Waals surface area (Å²) in [5.74, 6) is -0.765. The van der Waals surface area contributed by atoms with E-state index in [0.29, 0.717) is 17.4 Å². The first-order valence-electron chi connectivity index (χ1n) is 42.4. The second kappa shape index (κ2) is 75.9. The first kappa shape index (κ1) is 92.8. The Morgan fingerprint density at radius 1 is 0.319 bits per heavy atom. The quantitative estimate of drug-likeness (QED) is 0.0211. The van der Waals surface area contributed by atoms with Crippen LogP contribution in [0.1, 0.15) is 463 Å². The second-order valence-corrected chi connectivity index (χ2v) is 32.0. The van der Waals surface area contributed by atoms with Gasteiger partial charge in [0.15, 0.2) is 6.10 Å². The number of nitrogens with zero attached hydrogens (tertiary/aromatic N) is 1. The number of carbonyl (C=O) groups excluding carboxylic acids is 2. The maximum atomic E-state index is 12.9. The molecule has 2 atom stereocenters. The van der Waals surface area contributed by atoms with Crippen molar-refractivity contribution in [2.24, 2.45) is 0 Å². The molecule has 0 aliphatic carbocycles. The third-order valence-electron chi connectivity index (χ3n) is 19.8. The van der Waals surface area contributed by atoms with Crippen molar-refractivity contribution in [1.82, 2.24) is 0 Å². The fraction of sp³-hybridized carbons (Fsp3) is 0.952. The Morgan fingerprint density at radius 2 is 0.543 bits per heavy atom. The summed E-state index contributed by atoms with van der Waals surface area (Å²) in [5.41, 5.74) is 0. The average molecular weight is 1350 g/mol. The van der Waals surface area contributed by atoms with Crippen LogP contribution in [0.2, 0.25) is 0 Å². The molecule has 0 spiro atoms. The van der Waals surface area contributed by atoms with Crippen LogP contribution in [0.25, 0.3) is 0 Å². The summed E-state index contributed by atoms with van der Waals surface area (Å²) >= 11 is 0. The van der Waals surface area contributed by atoms with Crippen molar-refractivity contribution in [1.29, 1.82) is 0 Å². The molecular formula is C84H167NO8P+. The molecule has 10 heteroatoms. The molecule has 0 bridgehead atoms. The summed E-state index contributed by atoms with van der Waals surface area (Å²) in [6.45, 7) is 4.54. The SMILES string of the molecule is CCCCCCCCCC/C=C\CCCCCCCCCCCCCCCCCCCCCCCCCCCC(=O)OC(COC(=O)CCCCCCCCCCCCCCCCCCCCCCCCCCCCCCCCCCC)COP(=O)(O)OCC[N+](C)(C)C. The van der Waals surface area contributed by atoms with Gasteiger partial charge in [-0.3, -0.25) is 18.6 Å². The van der Waals surface area contributed by atoms with Crippen LogP contribution in [-0.2, 0) is 32.7 Å². The molecule has 0 aliphatic heterocycles. The zero-order chi connectivity index (χ0) is 68.3. The summed E-state index contributed by atoms with van der Waals surface area (Å²) in [6, 6.07) is 0. The molecule has 0 aliphatic rings. The highest BCUT2D eigenvalue weighted by Crippen LogP contribution is 2.43. The first-order valence-corrected chi connectivity index (χ1v) is 43.9. The van der Waals surface area contributed by atoms with Crippen LogP contribution in [-0.4, -0.2) is 74.9 Å². The number of allylic oxidation sites excluding steroid dienone is 2. The monoisotopic (exact) mass is 1350 g/mol. The van der Waals surface area contributed by atoms with Crippen molar-refractivity contribution in [2.75, 3.05) is 47.5 Å². The molecule has 2 unspecified atom stereocenters. The normalized spacial score (nSPS) is 13.0. The van der Waals surface area contributed by atoms with E-state index in [2.05, 4.69) is 26.0 Å². The topological polar surface area (TPSA) is 108 Å². The number of unbranched alkanes of at least 4 members (excludes halogenated alkanes) is 65. The maximum absolute atomic E-state index is 12.9. The Labute approximate surface area is 587 Å². The predicted molar refractivity (Wildman–Crippen MR) is 409 cm³/mol. The molecule has 0 saturated carbocycles. The highest BCUT2D eigenvalue weighted by atomic mass is 31.2. The van der Waals surface area contributed by atoms with Gasteiger partial charge in [0.2, 0.25) is 0 Å². The lowest BCUT2D eigenvalue weighted by molar-refractivity contribution is -0.870. The third-order valence-corrected chi connectivity index (χ3v) is 20.8. The van der Waals surface area contributed by atoms with Crippen LogP contribution in [0.3, 0.4) is 0 Å². The summed E-state index contributed by atoms with van der Waals surface area (Å²) in [5, 5.41) is 0. The predicted octanol–water partition coefficient (Wildman–Crippen LogP) is 28.2. The van der Waals surface area contributed by atoms with Gasteiger partial charge in [0.05, 0.1) is 27.7 Å². The van der Waals surface area contributed by atoms with Crippen LogP contribution >= 0.6 is 7.82 Å². The number of likely N-dealkylation sites (N-methyl/N-ethyl adjacent to an activating group) is 1. The molecule has 560 valence electrons. The lowest BCUT2D eigenvalue weighted by Gasteiger charge is -2.24. The Kier molecular flexibility index (Phi) is 74.9.